The van der Waals surface area contributed by atoms with Crippen molar-refractivity contribution in [2.24, 2.45) is 0 Å². The summed E-state index contributed by atoms with van der Waals surface area (Å²) >= 11 is 9.45. The van der Waals surface area contributed by atoms with Crippen LogP contribution in [-0.4, -0.2) is 56.5 Å². The van der Waals surface area contributed by atoms with Crippen LogP contribution in [0.3, 0.4) is 0 Å². The molecule has 1 aliphatic rings. The molecule has 1 saturated heterocycles. The van der Waals surface area contributed by atoms with Gasteiger partial charge in [-0.3, -0.25) is 9.69 Å². The molecule has 11 heteroatoms. The van der Waals surface area contributed by atoms with Crippen molar-refractivity contribution in [2.75, 3.05) is 26.2 Å². The molecule has 1 aliphatic heterocycles. The predicted molar refractivity (Wildman–Crippen MR) is 113 cm³/mol. The van der Waals surface area contributed by atoms with Crippen molar-refractivity contribution in [1.82, 2.24) is 24.4 Å². The first-order chi connectivity index (χ1) is 14.6. The molecule has 0 radical (unpaired) electrons. The van der Waals surface area contributed by atoms with Crippen molar-refractivity contribution in [3.8, 4) is 0 Å². The van der Waals surface area contributed by atoms with Gasteiger partial charge >= 0.3 is 6.18 Å². The van der Waals surface area contributed by atoms with E-state index >= 15 is 0 Å². The van der Waals surface area contributed by atoms with Gasteiger partial charge in [0.15, 0.2) is 11.3 Å². The Labute approximate surface area is 189 Å². The second-order valence-electron chi connectivity index (χ2n) is 7.34. The van der Waals surface area contributed by atoms with Gasteiger partial charge in [-0.25, -0.2) is 9.50 Å². The number of carbonyl (C=O) groups is 1. The summed E-state index contributed by atoms with van der Waals surface area (Å²) in [5.74, 6) is -0.430. The summed E-state index contributed by atoms with van der Waals surface area (Å²) in [6.07, 6.45) is -4.62. The number of aryl methyl sites for hydroxylation is 1. The lowest BCUT2D eigenvalue weighted by molar-refractivity contribution is -0.142. The average Bonchev–Trinajstić information content (AvgIpc) is 3.05. The SMILES string of the molecule is Cc1cc(C(F)(F)F)n2nc(C(=O)N3CCN(Cc4ccccc4Cl)CC3)c(Br)c2n1. The van der Waals surface area contributed by atoms with Gasteiger partial charge in [0.05, 0.1) is 4.47 Å². The fraction of sp³-hybridized carbons (Fsp3) is 0.350. The summed E-state index contributed by atoms with van der Waals surface area (Å²) in [6, 6.07) is 8.50. The van der Waals surface area contributed by atoms with Gasteiger partial charge in [-0.2, -0.15) is 18.3 Å². The lowest BCUT2D eigenvalue weighted by Gasteiger charge is -2.34. The maximum atomic E-state index is 13.4. The Balaban J connectivity index is 1.53. The zero-order chi connectivity index (χ0) is 22.3. The zero-order valence-corrected chi connectivity index (χ0v) is 18.8. The molecule has 31 heavy (non-hydrogen) atoms. The normalized spacial score (nSPS) is 15.6. The number of halogens is 5. The smallest absolute Gasteiger partial charge is 0.335 e. The van der Waals surface area contributed by atoms with Crippen molar-refractivity contribution in [1.29, 1.82) is 0 Å². The predicted octanol–water partition coefficient (Wildman–Crippen LogP) is 4.43. The minimum atomic E-state index is -4.62. The number of fused-ring (bicyclic) bond motifs is 1. The molecule has 3 heterocycles. The number of piperazine rings is 1. The Morgan fingerprint density at radius 3 is 2.52 bits per heavy atom. The van der Waals surface area contributed by atoms with Crippen molar-refractivity contribution in [3.05, 3.63) is 62.5 Å². The van der Waals surface area contributed by atoms with Gasteiger partial charge in [0.1, 0.15) is 5.69 Å². The van der Waals surface area contributed by atoms with Crippen LogP contribution in [0.1, 0.15) is 27.4 Å². The van der Waals surface area contributed by atoms with Crippen molar-refractivity contribution < 1.29 is 18.0 Å². The average molecular weight is 517 g/mol. The van der Waals surface area contributed by atoms with E-state index in [-0.39, 0.29) is 21.5 Å². The summed E-state index contributed by atoms with van der Waals surface area (Å²) in [5.41, 5.74) is 0.108. The van der Waals surface area contributed by atoms with E-state index in [1.54, 1.807) is 4.90 Å². The van der Waals surface area contributed by atoms with E-state index < -0.39 is 17.8 Å². The summed E-state index contributed by atoms with van der Waals surface area (Å²) < 4.78 is 41.1. The Morgan fingerprint density at radius 2 is 1.87 bits per heavy atom. The molecule has 1 aromatic carbocycles. The van der Waals surface area contributed by atoms with E-state index in [0.29, 0.717) is 42.3 Å². The van der Waals surface area contributed by atoms with Gasteiger partial charge in [0, 0.05) is 43.4 Å². The van der Waals surface area contributed by atoms with Gasteiger partial charge in [-0.05, 0) is 40.5 Å². The number of rotatable bonds is 3. The number of amides is 1. The highest BCUT2D eigenvalue weighted by Crippen LogP contribution is 2.32. The fourth-order valence-electron chi connectivity index (χ4n) is 3.58. The maximum Gasteiger partial charge on any atom is 0.433 e. The number of carbonyl (C=O) groups excluding carboxylic acids is 1. The number of benzene rings is 1. The third-order valence-corrected chi connectivity index (χ3v) is 6.26. The molecule has 164 valence electrons. The van der Waals surface area contributed by atoms with Crippen LogP contribution >= 0.6 is 27.5 Å². The zero-order valence-electron chi connectivity index (χ0n) is 16.5. The number of alkyl halides is 3. The van der Waals surface area contributed by atoms with E-state index in [9.17, 15) is 18.0 Å². The molecule has 4 rings (SSSR count). The highest BCUT2D eigenvalue weighted by molar-refractivity contribution is 9.10. The first-order valence-electron chi connectivity index (χ1n) is 9.53. The van der Waals surface area contributed by atoms with Crippen LogP contribution in [0, 0.1) is 6.92 Å². The third kappa shape index (κ3) is 4.42. The van der Waals surface area contributed by atoms with Crippen LogP contribution in [0.5, 0.6) is 0 Å². The van der Waals surface area contributed by atoms with Crippen LogP contribution in [0.15, 0.2) is 34.8 Å². The minimum Gasteiger partial charge on any atom is -0.335 e. The molecule has 0 unspecified atom stereocenters. The van der Waals surface area contributed by atoms with Crippen molar-refractivity contribution in [3.63, 3.8) is 0 Å². The molecule has 0 aliphatic carbocycles. The van der Waals surface area contributed by atoms with Gasteiger partial charge in [-0.1, -0.05) is 29.8 Å². The number of aromatic nitrogens is 3. The van der Waals surface area contributed by atoms with Gasteiger partial charge in [-0.15, -0.1) is 0 Å². The minimum absolute atomic E-state index is 0.0342. The third-order valence-electron chi connectivity index (χ3n) is 5.17. The first-order valence-corrected chi connectivity index (χ1v) is 10.7. The lowest BCUT2D eigenvalue weighted by Crippen LogP contribution is -2.48. The molecule has 0 spiro atoms. The largest absolute Gasteiger partial charge is 0.433 e. The topological polar surface area (TPSA) is 53.7 Å². The second kappa shape index (κ2) is 8.40. The van der Waals surface area contributed by atoms with Crippen LogP contribution < -0.4 is 0 Å². The maximum absolute atomic E-state index is 13.4. The summed E-state index contributed by atoms with van der Waals surface area (Å²) in [7, 11) is 0. The highest BCUT2D eigenvalue weighted by atomic mass is 79.9. The fourth-order valence-corrected chi connectivity index (χ4v) is 4.28. The van der Waals surface area contributed by atoms with Gasteiger partial charge in [0.25, 0.3) is 5.91 Å². The summed E-state index contributed by atoms with van der Waals surface area (Å²) in [4.78, 5) is 20.9. The van der Waals surface area contributed by atoms with E-state index in [1.807, 2.05) is 24.3 Å². The van der Waals surface area contributed by atoms with Gasteiger partial charge in [0.2, 0.25) is 0 Å². The standard InChI is InChI=1S/C20H18BrClF3N5O/c1-12-10-15(20(23,24)25)30-18(26-12)16(21)17(27-30)19(31)29-8-6-28(7-9-29)11-13-4-2-3-5-14(13)22/h2-5,10H,6-9,11H2,1H3. The first kappa shape index (κ1) is 22.0. The molecular weight excluding hydrogens is 499 g/mol. The van der Waals surface area contributed by atoms with Crippen LogP contribution in [0.2, 0.25) is 5.02 Å². The van der Waals surface area contributed by atoms with E-state index in [4.69, 9.17) is 11.6 Å². The second-order valence-corrected chi connectivity index (χ2v) is 8.54. The van der Waals surface area contributed by atoms with Crippen LogP contribution in [0.4, 0.5) is 13.2 Å². The Kier molecular flexibility index (Phi) is 5.97. The molecule has 0 bridgehead atoms. The van der Waals surface area contributed by atoms with Gasteiger partial charge < -0.3 is 4.90 Å². The lowest BCUT2D eigenvalue weighted by atomic mass is 10.2. The van der Waals surface area contributed by atoms with Crippen LogP contribution in [-0.2, 0) is 12.7 Å². The molecule has 2 aromatic heterocycles. The Morgan fingerprint density at radius 1 is 1.19 bits per heavy atom. The number of hydrogen-bond acceptors (Lipinski definition) is 4. The number of nitrogens with zero attached hydrogens (tertiary/aromatic N) is 5. The van der Waals surface area contributed by atoms with Crippen molar-refractivity contribution >= 4 is 39.1 Å². The molecule has 0 N–H and O–H groups in total. The van der Waals surface area contributed by atoms with E-state index in [0.717, 1.165) is 11.6 Å². The molecule has 0 saturated carbocycles. The van der Waals surface area contributed by atoms with Crippen molar-refractivity contribution in [2.45, 2.75) is 19.6 Å². The Hall–Kier alpha value is -2.17. The molecule has 1 fully saturated rings. The quantitative estimate of drug-likeness (QED) is 0.517. The summed E-state index contributed by atoms with van der Waals surface area (Å²) in [5, 5.41) is 4.65. The Bertz CT molecular complexity index is 1140. The monoisotopic (exact) mass is 515 g/mol. The summed E-state index contributed by atoms with van der Waals surface area (Å²) in [6.45, 7) is 4.23. The highest BCUT2D eigenvalue weighted by Gasteiger charge is 2.36. The molecule has 3 aromatic rings. The molecule has 6 nitrogen and oxygen atoms in total. The molecule has 1 amide bonds. The van der Waals surface area contributed by atoms with E-state index in [1.165, 1.54) is 6.92 Å². The molecular formula is C20H18BrClF3N5O. The number of hydrogen-bond donors (Lipinski definition) is 0. The molecule has 0 atom stereocenters. The van der Waals surface area contributed by atoms with E-state index in [2.05, 4.69) is 30.9 Å². The van der Waals surface area contributed by atoms with Crippen LogP contribution in [0.25, 0.3) is 5.65 Å².